The fourth-order valence-corrected chi connectivity index (χ4v) is 8.93. The second kappa shape index (κ2) is 6.75. The SMILES string of the molecule is CCOC[C@@H]1C(=O)[C@]23C[C@H]1C[C@H](OC(C)=O)[C@H]2[C@]12CCCC(C)(C)[C@H]1[C@H](O)[C@@]3(O)OC2. The lowest BCUT2D eigenvalue weighted by Crippen LogP contribution is -2.83. The van der Waals surface area contributed by atoms with Gasteiger partial charge in [0.15, 0.2) is 5.78 Å². The van der Waals surface area contributed by atoms with Gasteiger partial charge in [-0.1, -0.05) is 20.3 Å². The van der Waals surface area contributed by atoms with E-state index in [1.54, 1.807) is 0 Å². The van der Waals surface area contributed by atoms with E-state index in [-0.39, 0.29) is 54.1 Å². The molecule has 7 heteroatoms. The molecule has 7 nitrogen and oxygen atoms in total. The molecule has 9 atom stereocenters. The van der Waals surface area contributed by atoms with Gasteiger partial charge in [-0.3, -0.25) is 9.59 Å². The number of aliphatic hydroxyl groups excluding tert-OH is 1. The number of fused-ring (bicyclic) bond motifs is 2. The second-order valence-electron chi connectivity index (χ2n) is 11.4. The number of ketones is 1. The minimum Gasteiger partial charge on any atom is -0.462 e. The van der Waals surface area contributed by atoms with Crippen LogP contribution in [-0.4, -0.2) is 59.8 Å². The van der Waals surface area contributed by atoms with Gasteiger partial charge in [-0.05, 0) is 43.9 Å². The summed E-state index contributed by atoms with van der Waals surface area (Å²) in [6.45, 7) is 8.65. The maximum atomic E-state index is 14.1. The average Bonchev–Trinajstić information content (AvgIpc) is 2.89. The largest absolute Gasteiger partial charge is 0.462 e. The normalized spacial score (nSPS) is 51.9. The van der Waals surface area contributed by atoms with E-state index in [2.05, 4.69) is 13.8 Å². The average molecular weight is 437 g/mol. The van der Waals surface area contributed by atoms with Crippen molar-refractivity contribution in [3.05, 3.63) is 0 Å². The molecule has 6 rings (SSSR count). The van der Waals surface area contributed by atoms with Gasteiger partial charge in [0.05, 0.1) is 18.6 Å². The highest BCUT2D eigenvalue weighted by Crippen LogP contribution is 2.76. The molecular formula is C24H36O7. The topological polar surface area (TPSA) is 102 Å². The second-order valence-corrected chi connectivity index (χ2v) is 11.4. The van der Waals surface area contributed by atoms with Crippen molar-refractivity contribution in [2.24, 2.45) is 39.9 Å². The Balaban J connectivity index is 1.70. The van der Waals surface area contributed by atoms with E-state index in [9.17, 15) is 19.8 Å². The number of esters is 1. The quantitative estimate of drug-likeness (QED) is 0.651. The summed E-state index contributed by atoms with van der Waals surface area (Å²) in [4.78, 5) is 26.2. The molecule has 0 aromatic rings. The van der Waals surface area contributed by atoms with Crippen molar-refractivity contribution in [2.45, 2.75) is 77.8 Å². The molecule has 4 bridgehead atoms. The van der Waals surface area contributed by atoms with Crippen LogP contribution in [0.2, 0.25) is 0 Å². The van der Waals surface area contributed by atoms with Crippen LogP contribution in [0.4, 0.5) is 0 Å². The number of Topliss-reactive ketones (excluding diaryl/α,β-unsaturated/α-hetero) is 1. The molecule has 0 radical (unpaired) electrons. The van der Waals surface area contributed by atoms with Gasteiger partial charge in [0.25, 0.3) is 0 Å². The lowest BCUT2D eigenvalue weighted by atomic mass is 9.36. The monoisotopic (exact) mass is 436 g/mol. The van der Waals surface area contributed by atoms with Crippen LogP contribution >= 0.6 is 0 Å². The van der Waals surface area contributed by atoms with Crippen molar-refractivity contribution in [2.75, 3.05) is 19.8 Å². The third kappa shape index (κ3) is 2.49. The Kier molecular flexibility index (Phi) is 4.75. The first-order valence-corrected chi connectivity index (χ1v) is 11.9. The third-order valence-corrected chi connectivity index (χ3v) is 9.65. The number of carbonyl (C=O) groups is 2. The van der Waals surface area contributed by atoms with E-state index < -0.39 is 28.8 Å². The van der Waals surface area contributed by atoms with Crippen molar-refractivity contribution in [1.29, 1.82) is 0 Å². The summed E-state index contributed by atoms with van der Waals surface area (Å²) in [5, 5.41) is 23.6. The molecule has 31 heavy (non-hydrogen) atoms. The summed E-state index contributed by atoms with van der Waals surface area (Å²) < 4.78 is 17.7. The van der Waals surface area contributed by atoms with Gasteiger partial charge in [0.1, 0.15) is 12.2 Å². The smallest absolute Gasteiger partial charge is 0.302 e. The van der Waals surface area contributed by atoms with E-state index in [1.165, 1.54) is 6.92 Å². The van der Waals surface area contributed by atoms with Gasteiger partial charge in [0, 0.05) is 36.7 Å². The highest BCUT2D eigenvalue weighted by Gasteiger charge is 2.85. The first-order valence-electron chi connectivity index (χ1n) is 11.9. The third-order valence-electron chi connectivity index (χ3n) is 9.65. The van der Waals surface area contributed by atoms with E-state index >= 15 is 0 Å². The van der Waals surface area contributed by atoms with Crippen LogP contribution in [-0.2, 0) is 23.8 Å². The highest BCUT2D eigenvalue weighted by molar-refractivity contribution is 5.92. The molecule has 2 heterocycles. The van der Waals surface area contributed by atoms with Crippen LogP contribution < -0.4 is 0 Å². The van der Waals surface area contributed by atoms with Crippen molar-refractivity contribution >= 4 is 11.8 Å². The molecule has 0 aromatic heterocycles. The standard InChI is InChI=1S/C24H36O7/c1-5-29-11-15-14-9-16(31-13(2)25)17-22-8-6-7-21(3,4)18(22)20(27)24(28,30-12-22)23(17,10-14)19(15)26/h14-18,20,27-28H,5-12H2,1-4H3/t14-,15+,16+,17+,18-,20+,22-,23+,24-/m1/s1. The maximum absolute atomic E-state index is 14.1. The Labute approximate surface area is 183 Å². The van der Waals surface area contributed by atoms with E-state index in [4.69, 9.17) is 14.2 Å². The van der Waals surface area contributed by atoms with Gasteiger partial charge in [0.2, 0.25) is 5.79 Å². The maximum Gasteiger partial charge on any atom is 0.302 e. The summed E-state index contributed by atoms with van der Waals surface area (Å²) in [7, 11) is 0. The predicted octanol–water partition coefficient (Wildman–Crippen LogP) is 2.07. The summed E-state index contributed by atoms with van der Waals surface area (Å²) in [6.07, 6.45) is 2.12. The summed E-state index contributed by atoms with van der Waals surface area (Å²) in [5.74, 6) is -3.43. The van der Waals surface area contributed by atoms with Gasteiger partial charge in [-0.15, -0.1) is 0 Å². The Morgan fingerprint density at radius 3 is 2.68 bits per heavy atom. The molecule has 6 fully saturated rings. The number of rotatable bonds is 4. The molecule has 0 unspecified atom stereocenters. The molecule has 4 saturated carbocycles. The first kappa shape index (κ1) is 21.8. The molecule has 2 aliphatic heterocycles. The minimum absolute atomic E-state index is 0.0646. The zero-order valence-electron chi connectivity index (χ0n) is 19.1. The zero-order valence-corrected chi connectivity index (χ0v) is 19.1. The van der Waals surface area contributed by atoms with Gasteiger partial charge in [-0.2, -0.15) is 0 Å². The number of hydrogen-bond acceptors (Lipinski definition) is 7. The van der Waals surface area contributed by atoms with Crippen LogP contribution in [0.25, 0.3) is 0 Å². The molecular weight excluding hydrogens is 400 g/mol. The minimum atomic E-state index is -1.96. The van der Waals surface area contributed by atoms with Gasteiger partial charge in [-0.25, -0.2) is 0 Å². The number of aliphatic hydroxyl groups is 2. The van der Waals surface area contributed by atoms with Gasteiger partial charge < -0.3 is 24.4 Å². The fourth-order valence-electron chi connectivity index (χ4n) is 8.93. The van der Waals surface area contributed by atoms with Crippen molar-refractivity contribution in [3.63, 3.8) is 0 Å². The highest BCUT2D eigenvalue weighted by atomic mass is 16.6. The molecule has 4 aliphatic carbocycles. The molecule has 2 N–H and O–H groups in total. The Morgan fingerprint density at radius 1 is 1.26 bits per heavy atom. The van der Waals surface area contributed by atoms with Gasteiger partial charge >= 0.3 is 5.97 Å². The van der Waals surface area contributed by atoms with Crippen molar-refractivity contribution in [3.8, 4) is 0 Å². The number of carbonyl (C=O) groups excluding carboxylic acids is 2. The van der Waals surface area contributed by atoms with Crippen LogP contribution in [0.15, 0.2) is 0 Å². The lowest BCUT2D eigenvalue weighted by molar-refractivity contribution is -0.445. The molecule has 2 spiro atoms. The predicted molar refractivity (Wildman–Crippen MR) is 110 cm³/mol. The van der Waals surface area contributed by atoms with E-state index in [0.29, 0.717) is 19.4 Å². The fraction of sp³-hybridized carbons (Fsp3) is 0.917. The van der Waals surface area contributed by atoms with Crippen molar-refractivity contribution < 1.29 is 34.0 Å². The van der Waals surface area contributed by atoms with E-state index in [1.807, 2.05) is 6.92 Å². The summed E-state index contributed by atoms with van der Waals surface area (Å²) in [6, 6.07) is 0. The number of hydrogen-bond donors (Lipinski definition) is 2. The first-order chi connectivity index (χ1) is 14.5. The van der Waals surface area contributed by atoms with Crippen LogP contribution in [0, 0.1) is 39.9 Å². The molecule has 0 aromatic carbocycles. The summed E-state index contributed by atoms with van der Waals surface area (Å²) in [5.41, 5.74) is -1.99. The molecule has 174 valence electrons. The van der Waals surface area contributed by atoms with Crippen molar-refractivity contribution in [1.82, 2.24) is 0 Å². The molecule has 6 aliphatic rings. The Hall–Kier alpha value is -1.02. The van der Waals surface area contributed by atoms with Crippen LogP contribution in [0.5, 0.6) is 0 Å². The zero-order chi connectivity index (χ0) is 22.4. The molecule has 2 saturated heterocycles. The van der Waals surface area contributed by atoms with Crippen LogP contribution in [0.3, 0.4) is 0 Å². The number of ether oxygens (including phenoxy) is 3. The van der Waals surface area contributed by atoms with Crippen LogP contribution in [0.1, 0.15) is 59.8 Å². The Bertz CT molecular complexity index is 795. The lowest BCUT2D eigenvalue weighted by Gasteiger charge is -2.74. The summed E-state index contributed by atoms with van der Waals surface area (Å²) >= 11 is 0. The Morgan fingerprint density at radius 2 is 2.00 bits per heavy atom. The van der Waals surface area contributed by atoms with E-state index in [0.717, 1.165) is 19.3 Å². The molecule has 0 amide bonds.